The van der Waals surface area contributed by atoms with Crippen LogP contribution < -0.4 is 5.32 Å². The fraction of sp³-hybridized carbons (Fsp3) is 0.211. The first-order chi connectivity index (χ1) is 11.7. The molecule has 1 N–H and O–H groups in total. The zero-order chi connectivity index (χ0) is 16.8. The minimum absolute atomic E-state index is 0.152. The molecule has 24 heavy (non-hydrogen) atoms. The summed E-state index contributed by atoms with van der Waals surface area (Å²) < 4.78 is 4.05. The lowest BCUT2D eigenvalue weighted by Gasteiger charge is -2.18. The van der Waals surface area contributed by atoms with Crippen molar-refractivity contribution in [1.29, 1.82) is 0 Å². The average Bonchev–Trinajstić information content (AvgIpc) is 3.07. The minimum atomic E-state index is -0.152. The van der Waals surface area contributed by atoms with Crippen molar-refractivity contribution < 1.29 is 4.79 Å². The Bertz CT molecular complexity index is 747. The molecule has 0 saturated heterocycles. The molecule has 3 aromatic rings. The molecule has 0 spiro atoms. The summed E-state index contributed by atoms with van der Waals surface area (Å²) >= 11 is 1.14. The summed E-state index contributed by atoms with van der Waals surface area (Å²) in [6.07, 6.45) is 0.831. The number of benzene rings is 2. The zero-order valence-electron chi connectivity index (χ0n) is 13.5. The van der Waals surface area contributed by atoms with Gasteiger partial charge in [-0.3, -0.25) is 4.79 Å². The van der Waals surface area contributed by atoms with E-state index in [-0.39, 0.29) is 11.8 Å². The van der Waals surface area contributed by atoms with Gasteiger partial charge in [-0.2, -0.15) is 4.37 Å². The van der Waals surface area contributed by atoms with Crippen LogP contribution in [0.15, 0.2) is 60.7 Å². The Hall–Kier alpha value is -2.53. The molecule has 1 amide bonds. The number of rotatable bonds is 6. The quantitative estimate of drug-likeness (QED) is 0.744. The number of nitrogens with zero attached hydrogens (tertiary/aromatic N) is 2. The number of aromatic nitrogens is 2. The first kappa shape index (κ1) is 16.3. The Morgan fingerprint density at radius 2 is 1.62 bits per heavy atom. The number of carbonyl (C=O) groups excluding carboxylic acids is 1. The summed E-state index contributed by atoms with van der Waals surface area (Å²) in [6, 6.07) is 20.8. The maximum atomic E-state index is 12.1. The summed E-state index contributed by atoms with van der Waals surface area (Å²) in [5.41, 5.74) is 2.51. The summed E-state index contributed by atoms with van der Waals surface area (Å²) in [7, 11) is 0. The van der Waals surface area contributed by atoms with Crippen LogP contribution in [-0.2, 0) is 0 Å². The molecule has 0 aliphatic carbocycles. The Morgan fingerprint density at radius 3 is 2.12 bits per heavy atom. The molecule has 1 heterocycles. The average molecular weight is 337 g/mol. The third-order valence-corrected chi connectivity index (χ3v) is 4.65. The van der Waals surface area contributed by atoms with Crippen LogP contribution in [0.4, 0.5) is 0 Å². The molecule has 0 atom stereocenters. The summed E-state index contributed by atoms with van der Waals surface area (Å²) in [6.45, 7) is 2.38. The van der Waals surface area contributed by atoms with Crippen molar-refractivity contribution in [3.63, 3.8) is 0 Å². The van der Waals surface area contributed by atoms with Crippen molar-refractivity contribution in [3.8, 4) is 0 Å². The summed E-state index contributed by atoms with van der Waals surface area (Å²) in [5.74, 6) is 0.737. The maximum Gasteiger partial charge on any atom is 0.281 e. The molecule has 5 heteroatoms. The lowest BCUT2D eigenvalue weighted by atomic mass is 9.88. The van der Waals surface area contributed by atoms with Crippen molar-refractivity contribution in [3.05, 3.63) is 82.6 Å². The Morgan fingerprint density at radius 1 is 1.04 bits per heavy atom. The molecule has 122 valence electrons. The highest BCUT2D eigenvalue weighted by Gasteiger charge is 2.15. The van der Waals surface area contributed by atoms with Gasteiger partial charge in [-0.25, -0.2) is 4.98 Å². The van der Waals surface area contributed by atoms with Crippen molar-refractivity contribution in [2.45, 2.75) is 19.3 Å². The predicted molar refractivity (Wildman–Crippen MR) is 96.3 cm³/mol. The van der Waals surface area contributed by atoms with Crippen molar-refractivity contribution in [2.24, 2.45) is 0 Å². The van der Waals surface area contributed by atoms with Gasteiger partial charge in [-0.15, -0.1) is 0 Å². The van der Waals surface area contributed by atoms with Crippen molar-refractivity contribution in [1.82, 2.24) is 14.7 Å². The van der Waals surface area contributed by atoms with Gasteiger partial charge < -0.3 is 5.32 Å². The summed E-state index contributed by atoms with van der Waals surface area (Å²) in [4.78, 5) is 16.2. The van der Waals surface area contributed by atoms with Crippen molar-refractivity contribution in [2.75, 3.05) is 6.54 Å². The van der Waals surface area contributed by atoms with Crippen LogP contribution >= 0.6 is 11.5 Å². The SMILES string of the molecule is Cc1nsc(C(=O)NCCC(c2ccccc2)c2ccccc2)n1. The fourth-order valence-electron chi connectivity index (χ4n) is 2.69. The van der Waals surface area contributed by atoms with E-state index in [1.807, 2.05) is 36.4 Å². The molecule has 1 aromatic heterocycles. The van der Waals surface area contributed by atoms with Crippen LogP contribution in [0.5, 0.6) is 0 Å². The molecule has 0 fully saturated rings. The van der Waals surface area contributed by atoms with E-state index in [1.54, 1.807) is 6.92 Å². The molecule has 0 radical (unpaired) electrons. The van der Waals surface area contributed by atoms with E-state index in [4.69, 9.17) is 0 Å². The smallest absolute Gasteiger partial charge is 0.281 e. The minimum Gasteiger partial charge on any atom is -0.350 e. The molecular formula is C19H19N3OS. The monoisotopic (exact) mass is 337 g/mol. The van der Waals surface area contributed by atoms with Gasteiger partial charge in [0.05, 0.1) is 0 Å². The number of amides is 1. The second-order valence-corrected chi connectivity index (χ2v) is 6.32. The molecule has 0 aliphatic rings. The largest absolute Gasteiger partial charge is 0.350 e. The Kier molecular flexibility index (Phi) is 5.33. The standard InChI is InChI=1S/C19H19N3OS/c1-14-21-19(24-22-14)18(23)20-13-12-17(15-8-4-2-5-9-15)16-10-6-3-7-11-16/h2-11,17H,12-13H2,1H3,(H,20,23). The zero-order valence-corrected chi connectivity index (χ0v) is 14.3. The molecule has 0 saturated carbocycles. The van der Waals surface area contributed by atoms with Gasteiger partial charge in [0.25, 0.3) is 5.91 Å². The van der Waals surface area contributed by atoms with Gasteiger partial charge in [0, 0.05) is 12.5 Å². The number of hydrogen-bond acceptors (Lipinski definition) is 4. The molecule has 0 aliphatic heterocycles. The lowest BCUT2D eigenvalue weighted by molar-refractivity contribution is 0.0952. The topological polar surface area (TPSA) is 54.9 Å². The highest BCUT2D eigenvalue weighted by Crippen LogP contribution is 2.27. The second-order valence-electron chi connectivity index (χ2n) is 5.57. The fourth-order valence-corrected chi connectivity index (χ4v) is 3.28. The van der Waals surface area contributed by atoms with Crippen LogP contribution in [0.2, 0.25) is 0 Å². The Balaban J connectivity index is 1.68. The highest BCUT2D eigenvalue weighted by molar-refractivity contribution is 7.07. The molecule has 0 unspecified atom stereocenters. The second kappa shape index (κ2) is 7.84. The molecule has 2 aromatic carbocycles. The van der Waals surface area contributed by atoms with E-state index in [9.17, 15) is 4.79 Å². The molecule has 4 nitrogen and oxygen atoms in total. The van der Waals surface area contributed by atoms with Crippen LogP contribution in [0.25, 0.3) is 0 Å². The van der Waals surface area contributed by atoms with Gasteiger partial charge in [0.1, 0.15) is 5.82 Å². The van der Waals surface area contributed by atoms with Gasteiger partial charge in [0.2, 0.25) is 5.01 Å². The normalized spacial score (nSPS) is 10.8. The molecule has 3 rings (SSSR count). The van der Waals surface area contributed by atoms with E-state index < -0.39 is 0 Å². The van der Waals surface area contributed by atoms with E-state index in [0.29, 0.717) is 17.4 Å². The van der Waals surface area contributed by atoms with E-state index in [2.05, 4.69) is 38.9 Å². The van der Waals surface area contributed by atoms with Crippen molar-refractivity contribution >= 4 is 17.4 Å². The van der Waals surface area contributed by atoms with E-state index in [1.165, 1.54) is 11.1 Å². The van der Waals surface area contributed by atoms with Crippen LogP contribution in [-0.4, -0.2) is 21.8 Å². The maximum absolute atomic E-state index is 12.1. The molecular weight excluding hydrogens is 318 g/mol. The number of aryl methyl sites for hydroxylation is 1. The van der Waals surface area contributed by atoms with Crippen LogP contribution in [0.3, 0.4) is 0 Å². The van der Waals surface area contributed by atoms with Crippen LogP contribution in [0.1, 0.15) is 39.1 Å². The Labute approximate surface area is 145 Å². The third kappa shape index (κ3) is 4.06. The van der Waals surface area contributed by atoms with E-state index >= 15 is 0 Å². The first-order valence-electron chi connectivity index (χ1n) is 7.92. The number of hydrogen-bond donors (Lipinski definition) is 1. The van der Waals surface area contributed by atoms with Gasteiger partial charge in [-0.1, -0.05) is 60.7 Å². The van der Waals surface area contributed by atoms with E-state index in [0.717, 1.165) is 18.0 Å². The molecule has 0 bridgehead atoms. The summed E-state index contributed by atoms with van der Waals surface area (Å²) in [5, 5.41) is 3.37. The highest BCUT2D eigenvalue weighted by atomic mass is 32.1. The third-order valence-electron chi connectivity index (χ3n) is 3.84. The van der Waals surface area contributed by atoms with Gasteiger partial charge >= 0.3 is 0 Å². The number of carbonyl (C=O) groups is 1. The first-order valence-corrected chi connectivity index (χ1v) is 8.70. The number of nitrogens with one attached hydrogen (secondary N) is 1. The van der Waals surface area contributed by atoms with Gasteiger partial charge in [-0.05, 0) is 36.0 Å². The predicted octanol–water partition coefficient (Wildman–Crippen LogP) is 3.80. The lowest BCUT2D eigenvalue weighted by Crippen LogP contribution is -2.25. The van der Waals surface area contributed by atoms with Crippen LogP contribution in [0, 0.1) is 6.92 Å². The van der Waals surface area contributed by atoms with Gasteiger partial charge in [0.15, 0.2) is 0 Å².